The smallest absolute Gasteiger partial charge is 0.246 e. The Morgan fingerprint density at radius 1 is 0.967 bits per heavy atom. The number of amides is 1. The molecule has 5 nitrogen and oxygen atoms in total. The quantitative estimate of drug-likeness (QED) is 0.524. The van der Waals surface area contributed by atoms with E-state index in [0.29, 0.717) is 6.54 Å². The van der Waals surface area contributed by atoms with Crippen LogP contribution >= 0.6 is 0 Å². The van der Waals surface area contributed by atoms with E-state index in [4.69, 9.17) is 9.47 Å². The molecule has 0 atom stereocenters. The average Bonchev–Trinajstić information content (AvgIpc) is 2.76. The summed E-state index contributed by atoms with van der Waals surface area (Å²) in [5, 5.41) is 0. The second-order valence-electron chi connectivity index (χ2n) is 7.24. The first-order chi connectivity index (χ1) is 14.4. The molecule has 0 fully saturated rings. The largest absolute Gasteiger partial charge is 0.493 e. The summed E-state index contributed by atoms with van der Waals surface area (Å²) in [5.41, 5.74) is 1.99. The van der Waals surface area contributed by atoms with Crippen molar-refractivity contribution in [2.45, 2.75) is 12.8 Å². The average molecular weight is 415 g/mol. The zero-order valence-corrected chi connectivity index (χ0v) is 18.2. The Bertz CT molecular complexity index is 837. The molecule has 0 aromatic heterocycles. The molecule has 2 aromatic carbocycles. The van der Waals surface area contributed by atoms with E-state index in [-0.39, 0.29) is 11.7 Å². The maximum Gasteiger partial charge on any atom is 0.246 e. The first-order valence-corrected chi connectivity index (χ1v) is 10.0. The summed E-state index contributed by atoms with van der Waals surface area (Å²) in [7, 11) is 7.14. The molecule has 0 saturated carbocycles. The monoisotopic (exact) mass is 414 g/mol. The molecule has 0 radical (unpaired) electrons. The molecule has 0 spiro atoms. The van der Waals surface area contributed by atoms with Crippen LogP contribution in [0.15, 0.2) is 48.5 Å². The van der Waals surface area contributed by atoms with E-state index in [1.807, 2.05) is 12.1 Å². The Labute approximate surface area is 178 Å². The van der Waals surface area contributed by atoms with Gasteiger partial charge >= 0.3 is 0 Å². The van der Waals surface area contributed by atoms with Crippen molar-refractivity contribution in [1.82, 2.24) is 9.80 Å². The highest BCUT2D eigenvalue weighted by atomic mass is 19.1. The number of methoxy groups -OCH3 is 2. The van der Waals surface area contributed by atoms with E-state index in [1.54, 1.807) is 44.4 Å². The van der Waals surface area contributed by atoms with Crippen LogP contribution in [0.3, 0.4) is 0 Å². The number of carbonyl (C=O) groups excluding carboxylic acids is 1. The number of carbonyl (C=O) groups is 1. The normalized spacial score (nSPS) is 11.1. The molecule has 6 heteroatoms. The lowest BCUT2D eigenvalue weighted by atomic mass is 10.1. The van der Waals surface area contributed by atoms with Crippen molar-refractivity contribution in [3.05, 3.63) is 65.5 Å². The molecule has 0 aliphatic heterocycles. The van der Waals surface area contributed by atoms with Crippen LogP contribution < -0.4 is 9.47 Å². The molecule has 0 bridgehead atoms. The van der Waals surface area contributed by atoms with Gasteiger partial charge in [0.25, 0.3) is 0 Å². The van der Waals surface area contributed by atoms with Crippen LogP contribution in [-0.4, -0.2) is 63.7 Å². The first kappa shape index (κ1) is 23.4. The van der Waals surface area contributed by atoms with E-state index in [2.05, 4.69) is 18.0 Å². The van der Waals surface area contributed by atoms with Crippen molar-refractivity contribution in [2.75, 3.05) is 47.9 Å². The molecule has 0 N–H and O–H groups in total. The van der Waals surface area contributed by atoms with Gasteiger partial charge in [-0.3, -0.25) is 4.79 Å². The van der Waals surface area contributed by atoms with Gasteiger partial charge in [0.15, 0.2) is 11.5 Å². The molecular formula is C24H31FN2O3. The first-order valence-electron chi connectivity index (χ1n) is 10.0. The number of nitrogens with zero attached hydrogens (tertiary/aromatic N) is 2. The van der Waals surface area contributed by atoms with Crippen LogP contribution in [0.25, 0.3) is 6.08 Å². The van der Waals surface area contributed by atoms with Crippen molar-refractivity contribution < 1.29 is 18.7 Å². The molecule has 0 unspecified atom stereocenters. The molecule has 0 heterocycles. The zero-order valence-electron chi connectivity index (χ0n) is 18.2. The highest BCUT2D eigenvalue weighted by Crippen LogP contribution is 2.27. The Balaban J connectivity index is 1.71. The van der Waals surface area contributed by atoms with Gasteiger partial charge < -0.3 is 19.3 Å². The molecule has 0 aliphatic rings. The van der Waals surface area contributed by atoms with Crippen LogP contribution in [0.5, 0.6) is 11.5 Å². The third kappa shape index (κ3) is 7.52. The SMILES string of the molecule is COc1ccc(CCN(C)CCCN(C)C(=O)C=Cc2ccc(F)cc2)cc1OC. The lowest BCUT2D eigenvalue weighted by Gasteiger charge is -2.20. The van der Waals surface area contributed by atoms with E-state index < -0.39 is 0 Å². The van der Waals surface area contributed by atoms with Gasteiger partial charge in [-0.15, -0.1) is 0 Å². The van der Waals surface area contributed by atoms with Gasteiger partial charge in [0.1, 0.15) is 5.82 Å². The van der Waals surface area contributed by atoms with E-state index in [1.165, 1.54) is 23.8 Å². The van der Waals surface area contributed by atoms with Crippen molar-refractivity contribution in [3.8, 4) is 11.5 Å². The van der Waals surface area contributed by atoms with Gasteiger partial charge in [-0.1, -0.05) is 18.2 Å². The topological polar surface area (TPSA) is 42.0 Å². The van der Waals surface area contributed by atoms with Crippen LogP contribution in [-0.2, 0) is 11.2 Å². The van der Waals surface area contributed by atoms with Crippen LogP contribution in [0, 0.1) is 5.82 Å². The minimum atomic E-state index is -0.286. The van der Waals surface area contributed by atoms with E-state index >= 15 is 0 Å². The van der Waals surface area contributed by atoms with Crippen LogP contribution in [0.1, 0.15) is 17.5 Å². The summed E-state index contributed by atoms with van der Waals surface area (Å²) in [4.78, 5) is 16.2. The highest BCUT2D eigenvalue weighted by molar-refractivity contribution is 5.91. The van der Waals surface area contributed by atoms with Gasteiger partial charge in [-0.2, -0.15) is 0 Å². The lowest BCUT2D eigenvalue weighted by Crippen LogP contribution is -2.30. The summed E-state index contributed by atoms with van der Waals surface area (Å²) < 4.78 is 23.5. The third-order valence-electron chi connectivity index (χ3n) is 4.93. The van der Waals surface area contributed by atoms with Crippen molar-refractivity contribution in [2.24, 2.45) is 0 Å². The fourth-order valence-electron chi connectivity index (χ4n) is 3.02. The highest BCUT2D eigenvalue weighted by Gasteiger charge is 2.08. The van der Waals surface area contributed by atoms with Crippen LogP contribution in [0.4, 0.5) is 4.39 Å². The van der Waals surface area contributed by atoms with E-state index in [9.17, 15) is 9.18 Å². The number of benzene rings is 2. The van der Waals surface area contributed by atoms with Gasteiger partial charge in [0, 0.05) is 26.2 Å². The van der Waals surface area contributed by atoms with Crippen molar-refractivity contribution >= 4 is 12.0 Å². The standard InChI is InChI=1S/C24H31FN2O3/c1-26(17-14-20-8-12-22(29-3)23(18-20)30-4)15-5-16-27(2)24(28)13-9-19-6-10-21(25)11-7-19/h6-13,18H,5,14-17H2,1-4H3. The fraction of sp³-hybridized carbons (Fsp3) is 0.375. The van der Waals surface area contributed by atoms with Crippen molar-refractivity contribution in [1.29, 1.82) is 0 Å². The summed E-state index contributed by atoms with van der Waals surface area (Å²) in [5.74, 6) is 1.13. The predicted octanol–water partition coefficient (Wildman–Crippen LogP) is 3.88. The third-order valence-corrected chi connectivity index (χ3v) is 4.93. The van der Waals surface area contributed by atoms with Gasteiger partial charge in [0.05, 0.1) is 14.2 Å². The lowest BCUT2D eigenvalue weighted by molar-refractivity contribution is -0.124. The summed E-state index contributed by atoms with van der Waals surface area (Å²) in [6.07, 6.45) is 5.02. The van der Waals surface area contributed by atoms with Gasteiger partial charge in [-0.25, -0.2) is 4.39 Å². The second-order valence-corrected chi connectivity index (χ2v) is 7.24. The maximum atomic E-state index is 12.9. The molecule has 1 amide bonds. The Morgan fingerprint density at radius 2 is 1.67 bits per heavy atom. The second kappa shape index (κ2) is 12.0. The maximum absolute atomic E-state index is 12.9. The summed E-state index contributed by atoms with van der Waals surface area (Å²) in [6, 6.07) is 12.0. The number of hydrogen-bond acceptors (Lipinski definition) is 4. The van der Waals surface area contributed by atoms with Crippen molar-refractivity contribution in [3.63, 3.8) is 0 Å². The number of halogens is 1. The van der Waals surface area contributed by atoms with Gasteiger partial charge in [0.2, 0.25) is 5.91 Å². The Kier molecular flexibility index (Phi) is 9.35. The fourth-order valence-corrected chi connectivity index (χ4v) is 3.02. The summed E-state index contributed by atoms with van der Waals surface area (Å²) in [6.45, 7) is 2.48. The number of hydrogen-bond donors (Lipinski definition) is 0. The minimum Gasteiger partial charge on any atom is -0.493 e. The molecule has 162 valence electrons. The van der Waals surface area contributed by atoms with E-state index in [0.717, 1.165) is 43.0 Å². The zero-order chi connectivity index (χ0) is 21.9. The summed E-state index contributed by atoms with van der Waals surface area (Å²) >= 11 is 0. The Morgan fingerprint density at radius 3 is 2.33 bits per heavy atom. The van der Waals surface area contributed by atoms with Gasteiger partial charge in [-0.05, 0) is 67.9 Å². The molecular weight excluding hydrogens is 383 g/mol. The molecule has 30 heavy (non-hydrogen) atoms. The van der Waals surface area contributed by atoms with Crippen LogP contribution in [0.2, 0.25) is 0 Å². The number of rotatable bonds is 11. The molecule has 2 rings (SSSR count). The number of likely N-dealkylation sites (N-methyl/N-ethyl adjacent to an activating group) is 2. The molecule has 0 saturated heterocycles. The predicted molar refractivity (Wildman–Crippen MR) is 118 cm³/mol. The Hall–Kier alpha value is -2.86. The number of ether oxygens (including phenoxy) is 2. The molecule has 0 aliphatic carbocycles. The minimum absolute atomic E-state index is 0.0627. The molecule has 2 aromatic rings.